The second-order valence-corrected chi connectivity index (χ2v) is 4.18. The molecule has 4 nitrogen and oxygen atoms in total. The van der Waals surface area contributed by atoms with Crippen molar-refractivity contribution in [2.75, 3.05) is 12.8 Å². The van der Waals surface area contributed by atoms with Gasteiger partial charge in [0.25, 0.3) is 0 Å². The smallest absolute Gasteiger partial charge is 0.315 e. The van der Waals surface area contributed by atoms with E-state index in [9.17, 15) is 9.59 Å². The van der Waals surface area contributed by atoms with Crippen LogP contribution < -0.4 is 10.6 Å². The standard InChI is InChI=1S/C12H16N2O2S/c1-3-13-12(16)14-10(11(15)17-2)9-7-5-4-6-8-9/h4-8,10H,3H2,1-2H3,(H2,13,14,16)/t10-/m1/s1. The molecule has 92 valence electrons. The van der Waals surface area contributed by atoms with E-state index in [4.69, 9.17) is 0 Å². The van der Waals surface area contributed by atoms with Crippen molar-refractivity contribution in [1.82, 2.24) is 10.6 Å². The Morgan fingerprint density at radius 3 is 2.47 bits per heavy atom. The summed E-state index contributed by atoms with van der Waals surface area (Å²) in [4.78, 5) is 23.2. The average Bonchev–Trinajstić information content (AvgIpc) is 2.36. The van der Waals surface area contributed by atoms with E-state index in [0.717, 1.165) is 17.3 Å². The average molecular weight is 252 g/mol. The quantitative estimate of drug-likeness (QED) is 0.861. The van der Waals surface area contributed by atoms with Gasteiger partial charge in [0.05, 0.1) is 0 Å². The third-order valence-electron chi connectivity index (χ3n) is 2.18. The predicted molar refractivity (Wildman–Crippen MR) is 69.9 cm³/mol. The van der Waals surface area contributed by atoms with Gasteiger partial charge in [-0.05, 0) is 18.7 Å². The topological polar surface area (TPSA) is 58.2 Å². The molecule has 0 aliphatic carbocycles. The van der Waals surface area contributed by atoms with E-state index in [-0.39, 0.29) is 11.1 Å². The fourth-order valence-corrected chi connectivity index (χ4v) is 1.82. The number of hydrogen-bond acceptors (Lipinski definition) is 3. The number of urea groups is 1. The lowest BCUT2D eigenvalue weighted by Gasteiger charge is -2.17. The molecule has 0 aromatic heterocycles. The highest BCUT2D eigenvalue weighted by molar-refractivity contribution is 8.13. The fourth-order valence-electron chi connectivity index (χ4n) is 1.38. The lowest BCUT2D eigenvalue weighted by molar-refractivity contribution is -0.112. The first-order valence-electron chi connectivity index (χ1n) is 5.36. The van der Waals surface area contributed by atoms with Gasteiger partial charge in [-0.2, -0.15) is 0 Å². The molecular weight excluding hydrogens is 236 g/mol. The number of rotatable bonds is 4. The molecule has 0 unspecified atom stereocenters. The molecular formula is C12H16N2O2S. The zero-order valence-corrected chi connectivity index (χ0v) is 10.7. The van der Waals surface area contributed by atoms with Gasteiger partial charge in [-0.25, -0.2) is 4.79 Å². The predicted octanol–water partition coefficient (Wildman–Crippen LogP) is 1.94. The fraction of sp³-hybridized carbons (Fsp3) is 0.333. The van der Waals surface area contributed by atoms with E-state index < -0.39 is 6.04 Å². The van der Waals surface area contributed by atoms with Crippen LogP contribution in [0.4, 0.5) is 4.79 Å². The van der Waals surface area contributed by atoms with Crippen LogP contribution in [0.3, 0.4) is 0 Å². The zero-order chi connectivity index (χ0) is 12.7. The van der Waals surface area contributed by atoms with Gasteiger partial charge in [-0.15, -0.1) is 0 Å². The Kier molecular flexibility index (Phi) is 5.56. The molecule has 1 rings (SSSR count). The minimum Gasteiger partial charge on any atom is -0.338 e. The summed E-state index contributed by atoms with van der Waals surface area (Å²) in [6.45, 7) is 2.36. The largest absolute Gasteiger partial charge is 0.338 e. The van der Waals surface area contributed by atoms with E-state index in [1.165, 1.54) is 0 Å². The van der Waals surface area contributed by atoms with Crippen LogP contribution in [0.2, 0.25) is 0 Å². The molecule has 0 saturated carbocycles. The van der Waals surface area contributed by atoms with Gasteiger partial charge in [0.1, 0.15) is 6.04 Å². The molecule has 5 heteroatoms. The second kappa shape index (κ2) is 6.96. The summed E-state index contributed by atoms with van der Waals surface area (Å²) in [6.07, 6.45) is 1.71. The number of thioether (sulfide) groups is 1. The third kappa shape index (κ3) is 4.11. The van der Waals surface area contributed by atoms with Gasteiger partial charge < -0.3 is 10.6 Å². The van der Waals surface area contributed by atoms with Gasteiger partial charge in [0.2, 0.25) is 5.12 Å². The maximum atomic E-state index is 11.8. The molecule has 0 fully saturated rings. The molecule has 0 aliphatic heterocycles. The first kappa shape index (κ1) is 13.6. The van der Waals surface area contributed by atoms with Crippen molar-refractivity contribution < 1.29 is 9.59 Å². The monoisotopic (exact) mass is 252 g/mol. The summed E-state index contributed by atoms with van der Waals surface area (Å²) in [5, 5.41) is 5.20. The van der Waals surface area contributed by atoms with Crippen molar-refractivity contribution in [2.45, 2.75) is 13.0 Å². The third-order valence-corrected chi connectivity index (χ3v) is 2.82. The maximum absolute atomic E-state index is 11.8. The second-order valence-electron chi connectivity index (χ2n) is 3.37. The summed E-state index contributed by atoms with van der Waals surface area (Å²) < 4.78 is 0. The Balaban J connectivity index is 2.82. The molecule has 0 spiro atoms. The van der Waals surface area contributed by atoms with Crippen molar-refractivity contribution in [3.05, 3.63) is 35.9 Å². The summed E-state index contributed by atoms with van der Waals surface area (Å²) in [6, 6.07) is 8.28. The Labute approximate surface area is 105 Å². The van der Waals surface area contributed by atoms with Crippen molar-refractivity contribution >= 4 is 22.9 Å². The summed E-state index contributed by atoms with van der Waals surface area (Å²) in [5.74, 6) is 0. The first-order chi connectivity index (χ1) is 8.19. The molecule has 0 radical (unpaired) electrons. The Bertz CT molecular complexity index is 381. The van der Waals surface area contributed by atoms with Gasteiger partial charge in [-0.3, -0.25) is 4.79 Å². The van der Waals surface area contributed by atoms with E-state index in [1.54, 1.807) is 6.26 Å². The van der Waals surface area contributed by atoms with Crippen molar-refractivity contribution in [3.8, 4) is 0 Å². The minimum absolute atomic E-state index is 0.0811. The minimum atomic E-state index is -0.599. The van der Waals surface area contributed by atoms with Crippen LogP contribution in [0.25, 0.3) is 0 Å². The van der Waals surface area contributed by atoms with Crippen LogP contribution in [0, 0.1) is 0 Å². The first-order valence-corrected chi connectivity index (χ1v) is 6.58. The van der Waals surface area contributed by atoms with E-state index in [0.29, 0.717) is 6.54 Å². The van der Waals surface area contributed by atoms with Crippen LogP contribution in [-0.4, -0.2) is 23.9 Å². The molecule has 0 bridgehead atoms. The summed E-state index contributed by atoms with van der Waals surface area (Å²) in [5.41, 5.74) is 0.790. The Morgan fingerprint density at radius 2 is 1.94 bits per heavy atom. The van der Waals surface area contributed by atoms with Crippen LogP contribution in [0.15, 0.2) is 30.3 Å². The van der Waals surface area contributed by atoms with Crippen LogP contribution in [0.1, 0.15) is 18.5 Å². The molecule has 1 aromatic rings. The number of carbonyl (C=O) groups is 2. The zero-order valence-electron chi connectivity index (χ0n) is 9.90. The van der Waals surface area contributed by atoms with E-state index in [1.807, 2.05) is 37.3 Å². The maximum Gasteiger partial charge on any atom is 0.315 e. The highest BCUT2D eigenvalue weighted by Gasteiger charge is 2.21. The number of carbonyl (C=O) groups excluding carboxylic acids is 2. The molecule has 2 amide bonds. The van der Waals surface area contributed by atoms with Gasteiger partial charge >= 0.3 is 6.03 Å². The molecule has 0 aliphatic rings. The molecule has 1 atom stereocenters. The number of amides is 2. The number of benzene rings is 1. The highest BCUT2D eigenvalue weighted by Crippen LogP contribution is 2.18. The van der Waals surface area contributed by atoms with Gasteiger partial charge in [-0.1, -0.05) is 42.1 Å². The van der Waals surface area contributed by atoms with E-state index in [2.05, 4.69) is 10.6 Å². The summed E-state index contributed by atoms with van der Waals surface area (Å²) >= 11 is 1.11. The van der Waals surface area contributed by atoms with Crippen LogP contribution in [0.5, 0.6) is 0 Å². The van der Waals surface area contributed by atoms with Crippen molar-refractivity contribution in [1.29, 1.82) is 0 Å². The molecule has 0 saturated heterocycles. The molecule has 0 heterocycles. The van der Waals surface area contributed by atoms with Crippen molar-refractivity contribution in [2.24, 2.45) is 0 Å². The van der Waals surface area contributed by atoms with Crippen LogP contribution in [-0.2, 0) is 4.79 Å². The lowest BCUT2D eigenvalue weighted by atomic mass is 10.1. The molecule has 17 heavy (non-hydrogen) atoms. The van der Waals surface area contributed by atoms with Gasteiger partial charge in [0.15, 0.2) is 0 Å². The lowest BCUT2D eigenvalue weighted by Crippen LogP contribution is -2.40. The Hall–Kier alpha value is -1.49. The normalized spacial score (nSPS) is 11.6. The summed E-state index contributed by atoms with van der Waals surface area (Å²) in [7, 11) is 0. The molecule has 1 aromatic carbocycles. The number of nitrogens with one attached hydrogen (secondary N) is 2. The highest BCUT2D eigenvalue weighted by atomic mass is 32.2. The van der Waals surface area contributed by atoms with Gasteiger partial charge in [0, 0.05) is 6.54 Å². The SMILES string of the molecule is CCNC(=O)N[C@@H](C(=O)SC)c1ccccc1. The Morgan fingerprint density at radius 1 is 1.29 bits per heavy atom. The van der Waals surface area contributed by atoms with Crippen LogP contribution >= 0.6 is 11.8 Å². The number of hydrogen-bond donors (Lipinski definition) is 2. The van der Waals surface area contributed by atoms with Crippen molar-refractivity contribution in [3.63, 3.8) is 0 Å². The molecule has 2 N–H and O–H groups in total. The van der Waals surface area contributed by atoms with E-state index >= 15 is 0 Å².